The molecule has 110 valence electrons. The number of carbonyl (C=O) groups is 1. The highest BCUT2D eigenvalue weighted by Crippen LogP contribution is 2.25. The molecule has 0 saturated carbocycles. The standard InChI is InChI=1S/C17H12FNO3/c18-12-3-7-14(8-4-12)22-13-5-1-11(2-6-13)15-9-10-16(19-15)17(20)21/h1-10,19H,(H,20,21). The Morgan fingerprint density at radius 1 is 0.909 bits per heavy atom. The van der Waals surface area contributed by atoms with Crippen LogP contribution in [-0.2, 0) is 0 Å². The van der Waals surface area contributed by atoms with Crippen LogP contribution < -0.4 is 4.74 Å². The molecular formula is C17H12FNO3. The van der Waals surface area contributed by atoms with Gasteiger partial charge in [0.1, 0.15) is 23.0 Å². The van der Waals surface area contributed by atoms with Crippen molar-refractivity contribution in [2.75, 3.05) is 0 Å². The molecule has 0 fully saturated rings. The van der Waals surface area contributed by atoms with Gasteiger partial charge in [-0.1, -0.05) is 0 Å². The van der Waals surface area contributed by atoms with Crippen LogP contribution in [0, 0.1) is 5.82 Å². The smallest absolute Gasteiger partial charge is 0.352 e. The Morgan fingerprint density at radius 3 is 2.05 bits per heavy atom. The Morgan fingerprint density at radius 2 is 1.50 bits per heavy atom. The van der Waals surface area contributed by atoms with E-state index < -0.39 is 5.97 Å². The van der Waals surface area contributed by atoms with E-state index in [9.17, 15) is 9.18 Å². The monoisotopic (exact) mass is 297 g/mol. The van der Waals surface area contributed by atoms with Crippen molar-refractivity contribution in [3.63, 3.8) is 0 Å². The molecule has 3 rings (SSSR count). The van der Waals surface area contributed by atoms with Gasteiger partial charge in [0.25, 0.3) is 0 Å². The highest BCUT2D eigenvalue weighted by Gasteiger charge is 2.07. The summed E-state index contributed by atoms with van der Waals surface area (Å²) in [5.41, 5.74) is 1.70. The molecule has 0 aliphatic heterocycles. The van der Waals surface area contributed by atoms with Crippen LogP contribution >= 0.6 is 0 Å². The van der Waals surface area contributed by atoms with Crippen LogP contribution in [0.25, 0.3) is 11.3 Å². The van der Waals surface area contributed by atoms with E-state index >= 15 is 0 Å². The lowest BCUT2D eigenvalue weighted by Crippen LogP contribution is -1.95. The Bertz CT molecular complexity index is 792. The number of H-pyrrole nitrogens is 1. The van der Waals surface area contributed by atoms with E-state index in [1.54, 1.807) is 30.3 Å². The molecule has 0 aliphatic carbocycles. The molecule has 0 radical (unpaired) electrons. The zero-order chi connectivity index (χ0) is 15.5. The number of halogens is 1. The van der Waals surface area contributed by atoms with Crippen molar-refractivity contribution >= 4 is 5.97 Å². The number of hydrogen-bond donors (Lipinski definition) is 2. The topological polar surface area (TPSA) is 62.3 Å². The zero-order valence-electron chi connectivity index (χ0n) is 11.4. The Hall–Kier alpha value is -3.08. The zero-order valence-corrected chi connectivity index (χ0v) is 11.4. The van der Waals surface area contributed by atoms with Gasteiger partial charge in [-0.2, -0.15) is 0 Å². The molecule has 5 heteroatoms. The number of benzene rings is 2. The van der Waals surface area contributed by atoms with Crippen LogP contribution in [0.4, 0.5) is 4.39 Å². The molecule has 22 heavy (non-hydrogen) atoms. The molecule has 0 saturated heterocycles. The summed E-state index contributed by atoms with van der Waals surface area (Å²) in [7, 11) is 0. The predicted molar refractivity (Wildman–Crippen MR) is 79.7 cm³/mol. The average Bonchev–Trinajstić information content (AvgIpc) is 3.00. The maximum Gasteiger partial charge on any atom is 0.352 e. The summed E-state index contributed by atoms with van der Waals surface area (Å²) in [4.78, 5) is 13.7. The average molecular weight is 297 g/mol. The largest absolute Gasteiger partial charge is 0.477 e. The fourth-order valence-corrected chi connectivity index (χ4v) is 2.03. The van der Waals surface area contributed by atoms with Gasteiger partial charge < -0.3 is 14.8 Å². The molecular weight excluding hydrogens is 285 g/mol. The van der Waals surface area contributed by atoms with E-state index in [0.29, 0.717) is 17.2 Å². The highest BCUT2D eigenvalue weighted by molar-refractivity contribution is 5.86. The first-order valence-corrected chi connectivity index (χ1v) is 6.58. The first kappa shape index (κ1) is 13.9. The second-order valence-corrected chi connectivity index (χ2v) is 4.67. The van der Waals surface area contributed by atoms with Crippen molar-refractivity contribution in [2.45, 2.75) is 0 Å². The summed E-state index contributed by atoms with van der Waals surface area (Å²) in [6.07, 6.45) is 0. The van der Waals surface area contributed by atoms with Gasteiger partial charge >= 0.3 is 5.97 Å². The van der Waals surface area contributed by atoms with E-state index in [1.165, 1.54) is 18.2 Å². The molecule has 0 spiro atoms. The number of carboxylic acid groups (broad SMARTS) is 1. The number of aromatic amines is 1. The maximum absolute atomic E-state index is 12.8. The van der Waals surface area contributed by atoms with Gasteiger partial charge in [0.05, 0.1) is 0 Å². The van der Waals surface area contributed by atoms with Crippen LogP contribution in [0.3, 0.4) is 0 Å². The molecule has 0 unspecified atom stereocenters. The number of rotatable bonds is 4. The van der Waals surface area contributed by atoms with E-state index in [4.69, 9.17) is 9.84 Å². The first-order chi connectivity index (χ1) is 10.6. The van der Waals surface area contributed by atoms with Crippen LogP contribution in [0.2, 0.25) is 0 Å². The number of carboxylic acids is 1. The molecule has 3 aromatic rings. The quantitative estimate of drug-likeness (QED) is 0.754. The van der Waals surface area contributed by atoms with Crippen molar-refractivity contribution < 1.29 is 19.0 Å². The summed E-state index contributed by atoms with van der Waals surface area (Å²) >= 11 is 0. The second kappa shape index (κ2) is 5.73. The van der Waals surface area contributed by atoms with Crippen molar-refractivity contribution in [1.82, 2.24) is 4.98 Å². The molecule has 2 aromatic carbocycles. The lowest BCUT2D eigenvalue weighted by Gasteiger charge is -2.06. The third-order valence-corrected chi connectivity index (χ3v) is 3.13. The lowest BCUT2D eigenvalue weighted by molar-refractivity contribution is 0.0691. The lowest BCUT2D eigenvalue weighted by atomic mass is 10.1. The van der Waals surface area contributed by atoms with Crippen molar-refractivity contribution in [3.8, 4) is 22.8 Å². The van der Waals surface area contributed by atoms with E-state index in [1.807, 2.05) is 12.1 Å². The normalized spacial score (nSPS) is 10.4. The Labute approximate surface area is 125 Å². The first-order valence-electron chi connectivity index (χ1n) is 6.58. The summed E-state index contributed by atoms with van der Waals surface area (Å²) < 4.78 is 18.4. The fourth-order valence-electron chi connectivity index (χ4n) is 2.03. The summed E-state index contributed by atoms with van der Waals surface area (Å²) in [6, 6.07) is 16.1. The molecule has 0 atom stereocenters. The van der Waals surface area contributed by atoms with Crippen molar-refractivity contribution in [1.29, 1.82) is 0 Å². The fraction of sp³-hybridized carbons (Fsp3) is 0. The number of aromatic carboxylic acids is 1. The minimum atomic E-state index is -0.998. The molecule has 1 aromatic heterocycles. The second-order valence-electron chi connectivity index (χ2n) is 4.67. The summed E-state index contributed by atoms with van der Waals surface area (Å²) in [5, 5.41) is 8.89. The van der Waals surface area contributed by atoms with Crippen LogP contribution in [0.15, 0.2) is 60.7 Å². The van der Waals surface area contributed by atoms with Crippen LogP contribution in [0.1, 0.15) is 10.5 Å². The van der Waals surface area contributed by atoms with E-state index in [2.05, 4.69) is 4.98 Å². The third-order valence-electron chi connectivity index (χ3n) is 3.13. The third kappa shape index (κ3) is 2.98. The molecule has 2 N–H and O–H groups in total. The highest BCUT2D eigenvalue weighted by atomic mass is 19.1. The summed E-state index contributed by atoms with van der Waals surface area (Å²) in [5.74, 6) is -0.159. The number of aromatic nitrogens is 1. The number of ether oxygens (including phenoxy) is 1. The minimum absolute atomic E-state index is 0.140. The van der Waals surface area contributed by atoms with E-state index in [-0.39, 0.29) is 11.5 Å². The molecule has 0 amide bonds. The minimum Gasteiger partial charge on any atom is -0.477 e. The van der Waals surface area contributed by atoms with E-state index in [0.717, 1.165) is 5.56 Å². The van der Waals surface area contributed by atoms with Crippen molar-refractivity contribution in [3.05, 3.63) is 72.2 Å². The van der Waals surface area contributed by atoms with Gasteiger partial charge in [-0.15, -0.1) is 0 Å². The van der Waals surface area contributed by atoms with Crippen molar-refractivity contribution in [2.24, 2.45) is 0 Å². The molecule has 0 aliphatic rings. The van der Waals surface area contributed by atoms with Crippen LogP contribution in [-0.4, -0.2) is 16.1 Å². The molecule has 1 heterocycles. The van der Waals surface area contributed by atoms with Crippen LogP contribution in [0.5, 0.6) is 11.5 Å². The predicted octanol–water partition coefficient (Wildman–Crippen LogP) is 4.31. The number of hydrogen-bond acceptors (Lipinski definition) is 2. The molecule has 0 bridgehead atoms. The van der Waals surface area contributed by atoms with Gasteiger partial charge in [0, 0.05) is 5.69 Å². The van der Waals surface area contributed by atoms with Gasteiger partial charge in [-0.25, -0.2) is 9.18 Å². The van der Waals surface area contributed by atoms with Gasteiger partial charge in [0.2, 0.25) is 0 Å². The number of nitrogens with one attached hydrogen (secondary N) is 1. The SMILES string of the molecule is O=C(O)c1ccc(-c2ccc(Oc3ccc(F)cc3)cc2)[nH]1. The Balaban J connectivity index is 1.77. The maximum atomic E-state index is 12.8. The van der Waals surface area contributed by atoms with Gasteiger partial charge in [-0.3, -0.25) is 0 Å². The molecule has 4 nitrogen and oxygen atoms in total. The van der Waals surface area contributed by atoms with Gasteiger partial charge in [0.15, 0.2) is 0 Å². The summed E-state index contributed by atoms with van der Waals surface area (Å²) in [6.45, 7) is 0. The Kier molecular flexibility index (Phi) is 3.62. The van der Waals surface area contributed by atoms with Gasteiger partial charge in [-0.05, 0) is 66.2 Å².